The third-order valence-corrected chi connectivity index (χ3v) is 0.179. The van der Waals surface area contributed by atoms with Crippen LogP contribution in [0.2, 0.25) is 0 Å². The van der Waals surface area contributed by atoms with E-state index < -0.39 is 6.03 Å². The van der Waals surface area contributed by atoms with Crippen LogP contribution in [0.3, 0.4) is 0 Å². The predicted octanol–water partition coefficient (Wildman–Crippen LogP) is -1.51. The summed E-state index contributed by atoms with van der Waals surface area (Å²) in [6, 6.07) is -0.822. The summed E-state index contributed by atoms with van der Waals surface area (Å²) in [5.74, 6) is 0. The molecule has 0 aromatic rings. The Kier molecular flexibility index (Phi) is 8.15. The number of carbonyl (C=O) groups is 1. The van der Waals surface area contributed by atoms with Crippen molar-refractivity contribution in [2.24, 2.45) is 5.73 Å². The molecule has 34 valence electrons. The van der Waals surface area contributed by atoms with Gasteiger partial charge in [0.25, 0.3) is 0 Å². The van der Waals surface area contributed by atoms with Crippen LogP contribution in [0.25, 0.3) is 0 Å². The summed E-state index contributed by atoms with van der Waals surface area (Å²) < 4.78 is 0. The number of hydrogen-bond donors (Lipinski definition) is 2. The molecule has 0 heterocycles. The van der Waals surface area contributed by atoms with Crippen molar-refractivity contribution in [2.45, 2.75) is 0 Å². The number of hydrogen-bond acceptors (Lipinski definition) is 2. The van der Waals surface area contributed by atoms with Crippen molar-refractivity contribution in [2.75, 3.05) is 0 Å². The van der Waals surface area contributed by atoms with Gasteiger partial charge in [0.15, 0.2) is 6.19 Å². The molecular weight excluding hydrogens is 105 g/mol. The molecular formula is C2H4N3NaO. The molecule has 4 nitrogen and oxygen atoms in total. The zero-order valence-corrected chi connectivity index (χ0v) is 2.93. The Balaban J connectivity index is 0. The Morgan fingerprint density at radius 3 is 2.29 bits per heavy atom. The second-order valence-electron chi connectivity index (χ2n) is 0.601. The van der Waals surface area contributed by atoms with Gasteiger partial charge in [-0.1, -0.05) is 0 Å². The van der Waals surface area contributed by atoms with Crippen molar-refractivity contribution in [3.63, 3.8) is 0 Å². The molecule has 0 unspecified atom stereocenters. The fourth-order valence-electron chi connectivity index (χ4n) is 0.0551. The van der Waals surface area contributed by atoms with Crippen LogP contribution in [0, 0.1) is 11.5 Å². The molecule has 0 radical (unpaired) electrons. The molecule has 0 atom stereocenters. The van der Waals surface area contributed by atoms with E-state index in [4.69, 9.17) is 5.26 Å². The summed E-state index contributed by atoms with van der Waals surface area (Å²) >= 11 is 0. The second kappa shape index (κ2) is 5.76. The molecule has 0 bridgehead atoms. The standard InChI is InChI=1S/C2H3N3O.Na.H/c3-1-5-2(4)6;;/h(H3,4,5,6);;. The minimum atomic E-state index is -0.822. The Morgan fingerprint density at radius 1 is 1.86 bits per heavy atom. The van der Waals surface area contributed by atoms with Gasteiger partial charge in [-0.3, -0.25) is 0 Å². The van der Waals surface area contributed by atoms with Crippen LogP contribution in [-0.2, 0) is 0 Å². The number of nitrogens with one attached hydrogen (secondary N) is 1. The van der Waals surface area contributed by atoms with Crippen LogP contribution in [0.5, 0.6) is 0 Å². The summed E-state index contributed by atoms with van der Waals surface area (Å²) in [4.78, 5) is 9.49. The molecule has 5 heteroatoms. The monoisotopic (exact) mass is 109 g/mol. The summed E-state index contributed by atoms with van der Waals surface area (Å²) in [6.45, 7) is 0. The number of nitrogens with two attached hydrogens (primary N) is 1. The molecule has 0 aliphatic rings. The first-order chi connectivity index (χ1) is 2.77. The fraction of sp³-hybridized carbons (Fsp3) is 0. The van der Waals surface area contributed by atoms with Gasteiger partial charge in [-0.15, -0.1) is 0 Å². The molecule has 0 fully saturated rings. The maximum atomic E-state index is 9.49. The summed E-state index contributed by atoms with van der Waals surface area (Å²) in [5, 5.41) is 9.23. The van der Waals surface area contributed by atoms with Crippen molar-refractivity contribution >= 4 is 35.6 Å². The number of rotatable bonds is 0. The molecule has 2 amide bonds. The molecule has 0 aliphatic carbocycles. The van der Waals surface area contributed by atoms with E-state index in [0.29, 0.717) is 0 Å². The average molecular weight is 109 g/mol. The number of urea groups is 1. The third kappa shape index (κ3) is 10.7. The first-order valence-electron chi connectivity index (χ1n) is 1.22. The number of nitrogens with zero attached hydrogens (tertiary/aromatic N) is 1. The van der Waals surface area contributed by atoms with Crippen molar-refractivity contribution < 1.29 is 4.79 Å². The van der Waals surface area contributed by atoms with Crippen molar-refractivity contribution in [1.82, 2.24) is 5.32 Å². The number of nitriles is 1. The maximum absolute atomic E-state index is 9.49. The zero-order valence-electron chi connectivity index (χ0n) is 2.93. The van der Waals surface area contributed by atoms with E-state index in [9.17, 15) is 4.79 Å². The van der Waals surface area contributed by atoms with Crippen molar-refractivity contribution in [3.05, 3.63) is 0 Å². The first-order valence-corrected chi connectivity index (χ1v) is 1.22. The van der Waals surface area contributed by atoms with Crippen molar-refractivity contribution in [3.8, 4) is 6.19 Å². The van der Waals surface area contributed by atoms with Crippen LogP contribution in [0.15, 0.2) is 0 Å². The Morgan fingerprint density at radius 2 is 2.29 bits per heavy atom. The summed E-state index contributed by atoms with van der Waals surface area (Å²) in [7, 11) is 0. The van der Waals surface area contributed by atoms with E-state index in [2.05, 4.69) is 5.73 Å². The molecule has 0 spiro atoms. The van der Waals surface area contributed by atoms with Crippen LogP contribution in [0.1, 0.15) is 0 Å². The molecule has 0 aliphatic heterocycles. The minimum absolute atomic E-state index is 0. The van der Waals surface area contributed by atoms with E-state index in [0.717, 1.165) is 0 Å². The SMILES string of the molecule is N#CNC(N)=O.[NaH]. The third-order valence-electron chi connectivity index (χ3n) is 0.179. The van der Waals surface area contributed by atoms with E-state index in [1.165, 1.54) is 6.19 Å². The summed E-state index contributed by atoms with van der Waals surface area (Å²) in [6.07, 6.45) is 1.34. The molecule has 0 saturated heterocycles. The van der Waals surface area contributed by atoms with Gasteiger partial charge in [0.2, 0.25) is 0 Å². The van der Waals surface area contributed by atoms with Gasteiger partial charge >= 0.3 is 35.6 Å². The van der Waals surface area contributed by atoms with Crippen molar-refractivity contribution in [1.29, 1.82) is 5.26 Å². The van der Waals surface area contributed by atoms with Crippen LogP contribution < -0.4 is 11.1 Å². The quantitative estimate of drug-likeness (QED) is 0.225. The van der Waals surface area contributed by atoms with Gasteiger partial charge in [0, 0.05) is 0 Å². The number of primary amides is 1. The van der Waals surface area contributed by atoms with Gasteiger partial charge in [-0.05, 0) is 0 Å². The van der Waals surface area contributed by atoms with Crippen LogP contribution in [0.4, 0.5) is 4.79 Å². The topological polar surface area (TPSA) is 78.9 Å². The average Bonchev–Trinajstić information content (AvgIpc) is 1.35. The van der Waals surface area contributed by atoms with Crippen LogP contribution >= 0.6 is 0 Å². The zero-order chi connectivity index (χ0) is 4.99. The number of amides is 2. The summed E-state index contributed by atoms with van der Waals surface area (Å²) in [5.41, 5.74) is 4.43. The number of carbonyl (C=O) groups excluding carboxylic acids is 1. The van der Waals surface area contributed by atoms with Gasteiger partial charge in [0.1, 0.15) is 0 Å². The normalized spacial score (nSPS) is 5.00. The molecule has 0 saturated carbocycles. The second-order valence-corrected chi connectivity index (χ2v) is 0.601. The molecule has 0 rings (SSSR count). The van der Waals surface area contributed by atoms with Gasteiger partial charge in [-0.2, -0.15) is 5.26 Å². The first kappa shape index (κ1) is 9.90. The molecule has 7 heavy (non-hydrogen) atoms. The fourth-order valence-corrected chi connectivity index (χ4v) is 0.0551. The molecule has 0 aromatic heterocycles. The Labute approximate surface area is 63.0 Å². The Hall–Kier alpha value is -0.240. The van der Waals surface area contributed by atoms with Gasteiger partial charge in [0.05, 0.1) is 0 Å². The van der Waals surface area contributed by atoms with E-state index in [1.807, 2.05) is 0 Å². The van der Waals surface area contributed by atoms with E-state index in [1.54, 1.807) is 5.32 Å². The van der Waals surface area contributed by atoms with Gasteiger partial charge < -0.3 is 5.73 Å². The van der Waals surface area contributed by atoms with E-state index in [-0.39, 0.29) is 29.6 Å². The van der Waals surface area contributed by atoms with Crippen LogP contribution in [-0.4, -0.2) is 35.6 Å². The van der Waals surface area contributed by atoms with E-state index >= 15 is 0 Å². The Bertz CT molecular complexity index is 95.6. The van der Waals surface area contributed by atoms with Gasteiger partial charge in [-0.25, -0.2) is 10.1 Å². The molecule has 3 N–H and O–H groups in total. The predicted molar refractivity (Wildman–Crippen MR) is 25.5 cm³/mol. The molecule has 0 aromatic carbocycles.